The lowest BCUT2D eigenvalue weighted by molar-refractivity contribution is 0.280. The number of aliphatic hydroxyl groups is 1. The molecule has 0 atom stereocenters. The highest BCUT2D eigenvalue weighted by molar-refractivity contribution is 9.11. The van der Waals surface area contributed by atoms with Gasteiger partial charge in [-0.25, -0.2) is 0 Å². The zero-order chi connectivity index (χ0) is 13.8. The molecule has 2 aromatic rings. The van der Waals surface area contributed by atoms with E-state index < -0.39 is 0 Å². The lowest BCUT2D eigenvalue weighted by Gasteiger charge is -2.12. The van der Waals surface area contributed by atoms with E-state index in [1.165, 1.54) is 0 Å². The first-order chi connectivity index (χ1) is 9.11. The number of halogens is 3. The number of ether oxygens (including phenoxy) is 1. The van der Waals surface area contributed by atoms with E-state index >= 15 is 0 Å². The van der Waals surface area contributed by atoms with Crippen LogP contribution in [0.5, 0.6) is 5.75 Å². The molecule has 0 aliphatic rings. The Hall–Kier alpha value is -0.550. The zero-order valence-corrected chi connectivity index (χ0v) is 13.8. The Morgan fingerprint density at radius 3 is 2.32 bits per heavy atom. The minimum Gasteiger partial charge on any atom is -0.486 e. The third kappa shape index (κ3) is 3.72. The van der Waals surface area contributed by atoms with Gasteiger partial charge in [-0.05, 0) is 55.6 Å². The highest BCUT2D eigenvalue weighted by atomic mass is 79.9. The first kappa shape index (κ1) is 14.9. The maximum absolute atomic E-state index is 9.12. The maximum Gasteiger partial charge on any atom is 0.148 e. The summed E-state index contributed by atoms with van der Waals surface area (Å²) in [6.07, 6.45) is 0. The highest BCUT2D eigenvalue weighted by Gasteiger charge is 2.10. The van der Waals surface area contributed by atoms with Crippen LogP contribution in [0.2, 0.25) is 5.02 Å². The monoisotopic (exact) mass is 404 g/mol. The molecule has 2 rings (SSSR count). The smallest absolute Gasteiger partial charge is 0.148 e. The van der Waals surface area contributed by atoms with Crippen molar-refractivity contribution >= 4 is 43.5 Å². The summed E-state index contributed by atoms with van der Waals surface area (Å²) in [4.78, 5) is 0. The molecule has 2 nitrogen and oxygen atoms in total. The minimum absolute atomic E-state index is 0.0119. The fourth-order valence-electron chi connectivity index (χ4n) is 1.61. The van der Waals surface area contributed by atoms with Crippen LogP contribution in [-0.4, -0.2) is 5.11 Å². The van der Waals surface area contributed by atoms with Crippen LogP contribution in [0, 0.1) is 0 Å². The Bertz CT molecular complexity index is 564. The van der Waals surface area contributed by atoms with Crippen LogP contribution in [0.3, 0.4) is 0 Å². The molecule has 0 aromatic heterocycles. The van der Waals surface area contributed by atoms with Gasteiger partial charge in [0.15, 0.2) is 0 Å². The van der Waals surface area contributed by atoms with E-state index in [-0.39, 0.29) is 6.61 Å². The fraction of sp³-hybridized carbons (Fsp3) is 0.143. The maximum atomic E-state index is 9.12. The van der Waals surface area contributed by atoms with Crippen molar-refractivity contribution in [3.8, 4) is 5.75 Å². The Morgan fingerprint density at radius 1 is 1.11 bits per heavy atom. The molecule has 19 heavy (non-hydrogen) atoms. The molecule has 0 aliphatic heterocycles. The number of hydrogen-bond donors (Lipinski definition) is 1. The van der Waals surface area contributed by atoms with Crippen LogP contribution in [0.4, 0.5) is 0 Å². The van der Waals surface area contributed by atoms with Crippen molar-refractivity contribution in [2.45, 2.75) is 13.2 Å². The third-order valence-electron chi connectivity index (χ3n) is 2.57. The molecule has 0 saturated carbocycles. The zero-order valence-electron chi connectivity index (χ0n) is 9.87. The molecule has 0 spiro atoms. The predicted molar refractivity (Wildman–Crippen MR) is 83.5 cm³/mol. The van der Waals surface area contributed by atoms with Crippen LogP contribution in [-0.2, 0) is 13.2 Å². The summed E-state index contributed by atoms with van der Waals surface area (Å²) < 4.78 is 7.35. The minimum atomic E-state index is -0.0119. The molecule has 2 aromatic carbocycles. The lowest BCUT2D eigenvalue weighted by atomic mass is 10.2. The molecule has 0 bridgehead atoms. The number of rotatable bonds is 4. The second-order valence-electron chi connectivity index (χ2n) is 3.93. The molecule has 0 fully saturated rings. The quantitative estimate of drug-likeness (QED) is 0.780. The van der Waals surface area contributed by atoms with E-state index in [2.05, 4.69) is 31.9 Å². The van der Waals surface area contributed by atoms with Gasteiger partial charge in [-0.3, -0.25) is 0 Å². The molecular formula is C14H11Br2ClO2. The predicted octanol–water partition coefficient (Wildman–Crippen LogP) is 4.94. The van der Waals surface area contributed by atoms with E-state index in [0.29, 0.717) is 17.4 Å². The summed E-state index contributed by atoms with van der Waals surface area (Å²) in [5.41, 5.74) is 1.73. The Kier molecular flexibility index (Phi) is 5.28. The van der Waals surface area contributed by atoms with Crippen LogP contribution < -0.4 is 4.74 Å². The molecule has 100 valence electrons. The topological polar surface area (TPSA) is 29.5 Å². The Labute approximate surface area is 133 Å². The first-order valence-corrected chi connectivity index (χ1v) is 7.53. The van der Waals surface area contributed by atoms with E-state index in [1.54, 1.807) is 0 Å². The molecule has 0 aliphatic carbocycles. The van der Waals surface area contributed by atoms with E-state index in [9.17, 15) is 0 Å². The average Bonchev–Trinajstić information content (AvgIpc) is 2.39. The number of aliphatic hydroxyl groups excluding tert-OH is 1. The van der Waals surface area contributed by atoms with Crippen LogP contribution in [0.15, 0.2) is 45.3 Å². The Morgan fingerprint density at radius 2 is 1.74 bits per heavy atom. The Balaban J connectivity index is 2.18. The summed E-state index contributed by atoms with van der Waals surface area (Å²) in [6, 6.07) is 11.2. The van der Waals surface area contributed by atoms with Crippen molar-refractivity contribution < 1.29 is 9.84 Å². The van der Waals surface area contributed by atoms with E-state index in [0.717, 1.165) is 20.1 Å². The molecular weight excluding hydrogens is 395 g/mol. The second-order valence-corrected chi connectivity index (χ2v) is 6.04. The van der Waals surface area contributed by atoms with Gasteiger partial charge in [0, 0.05) is 10.6 Å². The van der Waals surface area contributed by atoms with Gasteiger partial charge in [0.25, 0.3) is 0 Å². The summed E-state index contributed by atoms with van der Waals surface area (Å²) in [5, 5.41) is 9.80. The molecule has 0 unspecified atom stereocenters. The van der Waals surface area contributed by atoms with Crippen molar-refractivity contribution in [1.29, 1.82) is 0 Å². The second kappa shape index (κ2) is 6.75. The summed E-state index contributed by atoms with van der Waals surface area (Å²) >= 11 is 12.9. The van der Waals surface area contributed by atoms with Gasteiger partial charge in [-0.1, -0.05) is 29.8 Å². The molecule has 0 radical (unpaired) electrons. The normalized spacial score (nSPS) is 10.5. The molecule has 0 heterocycles. The van der Waals surface area contributed by atoms with Crippen LogP contribution >= 0.6 is 43.5 Å². The summed E-state index contributed by atoms with van der Waals surface area (Å²) in [6.45, 7) is 0.372. The van der Waals surface area contributed by atoms with Gasteiger partial charge >= 0.3 is 0 Å². The number of hydrogen-bond acceptors (Lipinski definition) is 2. The summed E-state index contributed by atoms with van der Waals surface area (Å²) in [5.74, 6) is 0.692. The van der Waals surface area contributed by atoms with Crippen LogP contribution in [0.1, 0.15) is 11.1 Å². The van der Waals surface area contributed by atoms with E-state index in [1.807, 2.05) is 36.4 Å². The van der Waals surface area contributed by atoms with Gasteiger partial charge in [0.1, 0.15) is 12.4 Å². The molecule has 0 saturated heterocycles. The van der Waals surface area contributed by atoms with Gasteiger partial charge in [0.2, 0.25) is 0 Å². The van der Waals surface area contributed by atoms with Gasteiger partial charge < -0.3 is 9.84 Å². The first-order valence-electron chi connectivity index (χ1n) is 5.57. The third-order valence-corrected chi connectivity index (χ3v) is 4.12. The van der Waals surface area contributed by atoms with Crippen molar-refractivity contribution in [3.05, 3.63) is 61.5 Å². The SMILES string of the molecule is OCc1cc(Br)c(OCc2ccccc2Cl)c(Br)c1. The van der Waals surface area contributed by atoms with Crippen molar-refractivity contribution in [2.75, 3.05) is 0 Å². The highest BCUT2D eigenvalue weighted by Crippen LogP contribution is 2.35. The van der Waals surface area contributed by atoms with Crippen molar-refractivity contribution in [1.82, 2.24) is 0 Å². The fourth-order valence-corrected chi connectivity index (χ4v) is 3.31. The van der Waals surface area contributed by atoms with Crippen molar-refractivity contribution in [2.24, 2.45) is 0 Å². The van der Waals surface area contributed by atoms with Gasteiger partial charge in [0.05, 0.1) is 15.6 Å². The van der Waals surface area contributed by atoms with Gasteiger partial charge in [-0.15, -0.1) is 0 Å². The molecule has 1 N–H and O–H groups in total. The van der Waals surface area contributed by atoms with Crippen molar-refractivity contribution in [3.63, 3.8) is 0 Å². The lowest BCUT2D eigenvalue weighted by Crippen LogP contribution is -1.98. The largest absolute Gasteiger partial charge is 0.486 e. The number of benzene rings is 2. The summed E-state index contributed by atoms with van der Waals surface area (Å²) in [7, 11) is 0. The average molecular weight is 407 g/mol. The van der Waals surface area contributed by atoms with Gasteiger partial charge in [-0.2, -0.15) is 0 Å². The molecule has 0 amide bonds. The standard InChI is InChI=1S/C14H11Br2ClO2/c15-11-5-9(7-18)6-12(16)14(11)19-8-10-3-1-2-4-13(10)17/h1-6,18H,7-8H2. The molecule has 5 heteroatoms. The van der Waals surface area contributed by atoms with Crippen LogP contribution in [0.25, 0.3) is 0 Å². The van der Waals surface area contributed by atoms with E-state index in [4.69, 9.17) is 21.4 Å².